The van der Waals surface area contributed by atoms with Crippen molar-refractivity contribution in [2.45, 2.75) is 50.3 Å². The largest absolute Gasteiger partial charge is 0.204 e. The molecule has 0 nitrogen and oxygen atoms in total. The van der Waals surface area contributed by atoms with Gasteiger partial charge in [-0.1, -0.05) is 47.8 Å². The van der Waals surface area contributed by atoms with Crippen LogP contribution in [0, 0.1) is 17.0 Å². The summed E-state index contributed by atoms with van der Waals surface area (Å²) in [6.07, 6.45) is 6.55. The smallest absolute Gasteiger partial charge is 0.162 e. The highest BCUT2D eigenvalue weighted by Crippen LogP contribution is 2.47. The third-order valence-electron chi connectivity index (χ3n) is 4.40. The molecule has 1 fully saturated rings. The van der Waals surface area contributed by atoms with Gasteiger partial charge in [0.1, 0.15) is 0 Å². The quantitative estimate of drug-likeness (QED) is 0.666. The predicted molar refractivity (Wildman–Crippen MR) is 74.0 cm³/mol. The summed E-state index contributed by atoms with van der Waals surface area (Å²) in [5.74, 6) is -1.43. The number of alkyl halides is 1. The molecule has 0 heterocycles. The lowest BCUT2D eigenvalue weighted by molar-refractivity contribution is 0.274. The van der Waals surface area contributed by atoms with E-state index in [0.29, 0.717) is 12.0 Å². The van der Waals surface area contributed by atoms with Crippen LogP contribution in [0.15, 0.2) is 18.2 Å². The van der Waals surface area contributed by atoms with Crippen LogP contribution in [0.5, 0.6) is 0 Å². The molecule has 1 aliphatic carbocycles. The summed E-state index contributed by atoms with van der Waals surface area (Å²) < 4.78 is 26.9. The zero-order chi connectivity index (χ0) is 13.2. The van der Waals surface area contributed by atoms with E-state index in [1.807, 2.05) is 0 Å². The molecule has 0 N–H and O–H groups in total. The van der Waals surface area contributed by atoms with Crippen molar-refractivity contribution in [1.82, 2.24) is 0 Å². The molecule has 0 bridgehead atoms. The Labute approximate surface area is 116 Å². The Kier molecular flexibility index (Phi) is 4.41. The Balaban J connectivity index is 2.15. The van der Waals surface area contributed by atoms with Gasteiger partial charge in [0.05, 0.1) is 0 Å². The maximum atomic E-state index is 13.7. The summed E-state index contributed by atoms with van der Waals surface area (Å²) in [7, 11) is 0. The minimum atomic E-state index is -0.746. The van der Waals surface area contributed by atoms with Gasteiger partial charge in [-0.05, 0) is 42.7 Å². The first-order valence-electron chi connectivity index (χ1n) is 6.66. The van der Waals surface area contributed by atoms with E-state index in [2.05, 4.69) is 22.9 Å². The number of hydrogen-bond acceptors (Lipinski definition) is 0. The second-order valence-electron chi connectivity index (χ2n) is 5.31. The topological polar surface area (TPSA) is 0 Å². The zero-order valence-corrected chi connectivity index (χ0v) is 12.3. The maximum absolute atomic E-state index is 13.7. The summed E-state index contributed by atoms with van der Waals surface area (Å²) in [5, 5.41) is 0. The van der Waals surface area contributed by atoms with Crippen molar-refractivity contribution < 1.29 is 8.78 Å². The van der Waals surface area contributed by atoms with E-state index in [9.17, 15) is 8.78 Å². The molecule has 1 unspecified atom stereocenters. The van der Waals surface area contributed by atoms with Gasteiger partial charge in [0.25, 0.3) is 0 Å². The third kappa shape index (κ3) is 2.61. The minimum absolute atomic E-state index is 0.230. The zero-order valence-electron chi connectivity index (χ0n) is 10.7. The number of halogens is 3. The SMILES string of the molecule is CCC1(C(Br)Cc2cccc(F)c2F)CCCC1. The fraction of sp³-hybridized carbons (Fsp3) is 0.600. The number of rotatable bonds is 4. The highest BCUT2D eigenvalue weighted by molar-refractivity contribution is 9.09. The average Bonchev–Trinajstić information content (AvgIpc) is 2.85. The standard InChI is InChI=1S/C15H19BrF2/c1-2-15(8-3-4-9-15)13(16)10-11-6-5-7-12(17)14(11)18/h5-7,13H,2-4,8-10H2,1H3. The first-order valence-corrected chi connectivity index (χ1v) is 7.57. The number of benzene rings is 1. The third-order valence-corrected chi connectivity index (χ3v) is 5.69. The van der Waals surface area contributed by atoms with Crippen molar-refractivity contribution in [3.05, 3.63) is 35.4 Å². The molecule has 2 rings (SSSR count). The van der Waals surface area contributed by atoms with Gasteiger partial charge < -0.3 is 0 Å². The Morgan fingerprint density at radius 1 is 1.28 bits per heavy atom. The van der Waals surface area contributed by atoms with Crippen LogP contribution in [0.3, 0.4) is 0 Å². The van der Waals surface area contributed by atoms with Gasteiger partial charge in [-0.2, -0.15) is 0 Å². The van der Waals surface area contributed by atoms with Crippen LogP contribution in [0.2, 0.25) is 0 Å². The fourth-order valence-electron chi connectivity index (χ4n) is 3.08. The van der Waals surface area contributed by atoms with E-state index in [0.717, 1.165) is 6.42 Å². The predicted octanol–water partition coefficient (Wildman–Crippen LogP) is 5.24. The summed E-state index contributed by atoms with van der Waals surface area (Å²) in [6.45, 7) is 2.20. The van der Waals surface area contributed by atoms with E-state index in [1.165, 1.54) is 31.7 Å². The molecule has 100 valence electrons. The molecule has 1 aromatic carbocycles. The van der Waals surface area contributed by atoms with Gasteiger partial charge in [-0.15, -0.1) is 0 Å². The first kappa shape index (κ1) is 14.0. The second-order valence-corrected chi connectivity index (χ2v) is 6.41. The Bertz CT molecular complexity index is 411. The molecule has 3 heteroatoms. The van der Waals surface area contributed by atoms with Crippen molar-refractivity contribution in [3.63, 3.8) is 0 Å². The van der Waals surface area contributed by atoms with Gasteiger partial charge in [0.2, 0.25) is 0 Å². The highest BCUT2D eigenvalue weighted by Gasteiger charge is 2.38. The summed E-state index contributed by atoms with van der Waals surface area (Å²) in [5.41, 5.74) is 0.746. The molecule has 0 amide bonds. The molecular weight excluding hydrogens is 298 g/mol. The van der Waals surface area contributed by atoms with Crippen LogP contribution in [-0.2, 0) is 6.42 Å². The van der Waals surface area contributed by atoms with Crippen molar-refractivity contribution in [1.29, 1.82) is 0 Å². The van der Waals surface area contributed by atoms with Crippen LogP contribution in [0.1, 0.15) is 44.6 Å². The first-order chi connectivity index (χ1) is 8.59. The van der Waals surface area contributed by atoms with Crippen molar-refractivity contribution in [2.24, 2.45) is 5.41 Å². The minimum Gasteiger partial charge on any atom is -0.204 e. The molecule has 0 saturated heterocycles. The van der Waals surface area contributed by atoms with E-state index < -0.39 is 11.6 Å². The van der Waals surface area contributed by atoms with E-state index >= 15 is 0 Å². The fourth-order valence-corrected chi connectivity index (χ4v) is 4.21. The van der Waals surface area contributed by atoms with Crippen molar-refractivity contribution >= 4 is 15.9 Å². The molecule has 1 atom stereocenters. The van der Waals surface area contributed by atoms with Crippen LogP contribution in [-0.4, -0.2) is 4.83 Å². The van der Waals surface area contributed by atoms with Crippen molar-refractivity contribution in [2.75, 3.05) is 0 Å². The number of hydrogen-bond donors (Lipinski definition) is 0. The Hall–Kier alpha value is -0.440. The molecule has 1 aromatic rings. The summed E-state index contributed by atoms with van der Waals surface area (Å²) in [4.78, 5) is 0.230. The molecule has 0 radical (unpaired) electrons. The lowest BCUT2D eigenvalue weighted by Crippen LogP contribution is -2.29. The van der Waals surface area contributed by atoms with Gasteiger partial charge in [0.15, 0.2) is 11.6 Å². The summed E-state index contributed by atoms with van der Waals surface area (Å²) in [6, 6.07) is 4.44. The molecule has 0 aliphatic heterocycles. The van der Waals surface area contributed by atoms with E-state index in [-0.39, 0.29) is 10.2 Å². The monoisotopic (exact) mass is 316 g/mol. The van der Waals surface area contributed by atoms with Crippen LogP contribution < -0.4 is 0 Å². The highest BCUT2D eigenvalue weighted by atomic mass is 79.9. The van der Waals surface area contributed by atoms with Crippen LogP contribution in [0.25, 0.3) is 0 Å². The molecule has 1 saturated carbocycles. The average molecular weight is 317 g/mol. The molecule has 1 aliphatic rings. The van der Waals surface area contributed by atoms with Crippen LogP contribution in [0.4, 0.5) is 8.78 Å². The Morgan fingerprint density at radius 3 is 2.56 bits per heavy atom. The Morgan fingerprint density at radius 2 is 1.94 bits per heavy atom. The normalized spacial score (nSPS) is 20.0. The van der Waals surface area contributed by atoms with Gasteiger partial charge >= 0.3 is 0 Å². The van der Waals surface area contributed by atoms with Crippen molar-refractivity contribution in [3.8, 4) is 0 Å². The van der Waals surface area contributed by atoms with Gasteiger partial charge in [-0.3, -0.25) is 0 Å². The van der Waals surface area contributed by atoms with Gasteiger partial charge in [0, 0.05) is 4.83 Å². The lowest BCUT2D eigenvalue weighted by atomic mass is 9.78. The summed E-state index contributed by atoms with van der Waals surface area (Å²) >= 11 is 3.73. The molecule has 0 aromatic heterocycles. The lowest BCUT2D eigenvalue weighted by Gasteiger charge is -2.33. The van der Waals surface area contributed by atoms with E-state index in [1.54, 1.807) is 12.1 Å². The van der Waals surface area contributed by atoms with Crippen LogP contribution >= 0.6 is 15.9 Å². The second kappa shape index (κ2) is 5.68. The molecule has 0 spiro atoms. The maximum Gasteiger partial charge on any atom is 0.162 e. The van der Waals surface area contributed by atoms with Gasteiger partial charge in [-0.25, -0.2) is 8.78 Å². The molecule has 18 heavy (non-hydrogen) atoms. The van der Waals surface area contributed by atoms with E-state index in [4.69, 9.17) is 0 Å². The molecular formula is C15H19BrF2.